The standard InChI is InChI=1S/C15H20BrN3O2/c1-19-7-6-17-15(19)14(11-4-8-20-9-5-11)18-10-12-2-3-13(16)21-12/h2-3,6-7,11,14,18H,4-5,8-10H2,1H3/t14-/m0/s1. The van der Waals surface area contributed by atoms with Crippen LogP contribution in [0.4, 0.5) is 0 Å². The van der Waals surface area contributed by atoms with E-state index in [0.29, 0.717) is 12.5 Å². The SMILES string of the molecule is Cn1ccnc1[C@@H](NCc1ccc(Br)o1)C1CCOCC1. The van der Waals surface area contributed by atoms with Crippen molar-refractivity contribution in [2.75, 3.05) is 13.2 Å². The summed E-state index contributed by atoms with van der Waals surface area (Å²) in [6.07, 6.45) is 5.97. The van der Waals surface area contributed by atoms with Crippen LogP contribution >= 0.6 is 15.9 Å². The van der Waals surface area contributed by atoms with Crippen molar-refractivity contribution in [3.8, 4) is 0 Å². The van der Waals surface area contributed by atoms with E-state index in [1.54, 1.807) is 0 Å². The zero-order valence-corrected chi connectivity index (χ0v) is 13.7. The van der Waals surface area contributed by atoms with Crippen LogP contribution in [0.25, 0.3) is 0 Å². The van der Waals surface area contributed by atoms with Crippen molar-refractivity contribution >= 4 is 15.9 Å². The number of ether oxygens (including phenoxy) is 1. The number of aromatic nitrogens is 2. The number of hydrogen-bond donors (Lipinski definition) is 1. The molecule has 0 spiro atoms. The molecule has 1 aliphatic rings. The van der Waals surface area contributed by atoms with Gasteiger partial charge in [-0.15, -0.1) is 0 Å². The molecule has 21 heavy (non-hydrogen) atoms. The minimum atomic E-state index is 0.220. The van der Waals surface area contributed by atoms with Crippen LogP contribution in [-0.4, -0.2) is 22.8 Å². The van der Waals surface area contributed by atoms with Gasteiger partial charge in [-0.3, -0.25) is 0 Å². The number of rotatable bonds is 5. The first-order valence-corrected chi connectivity index (χ1v) is 8.06. The molecule has 6 heteroatoms. The lowest BCUT2D eigenvalue weighted by molar-refractivity contribution is 0.0515. The number of furan rings is 1. The first kappa shape index (κ1) is 14.8. The van der Waals surface area contributed by atoms with E-state index in [-0.39, 0.29) is 6.04 Å². The van der Waals surface area contributed by atoms with Gasteiger partial charge in [0.2, 0.25) is 0 Å². The van der Waals surface area contributed by atoms with Crippen molar-refractivity contribution in [2.24, 2.45) is 13.0 Å². The van der Waals surface area contributed by atoms with E-state index in [2.05, 4.69) is 30.8 Å². The fourth-order valence-electron chi connectivity index (χ4n) is 2.85. The summed E-state index contributed by atoms with van der Waals surface area (Å²) >= 11 is 3.34. The highest BCUT2D eigenvalue weighted by Crippen LogP contribution is 2.29. The van der Waals surface area contributed by atoms with E-state index in [9.17, 15) is 0 Å². The number of nitrogens with one attached hydrogen (secondary N) is 1. The third-order valence-electron chi connectivity index (χ3n) is 4.00. The van der Waals surface area contributed by atoms with Gasteiger partial charge in [-0.1, -0.05) is 0 Å². The van der Waals surface area contributed by atoms with Crippen molar-refractivity contribution in [3.05, 3.63) is 40.8 Å². The number of imidazole rings is 1. The third-order valence-corrected chi connectivity index (χ3v) is 4.43. The highest BCUT2D eigenvalue weighted by Gasteiger charge is 2.28. The van der Waals surface area contributed by atoms with Crippen LogP contribution in [0.2, 0.25) is 0 Å². The number of hydrogen-bond acceptors (Lipinski definition) is 4. The van der Waals surface area contributed by atoms with Gasteiger partial charge in [0.05, 0.1) is 12.6 Å². The Labute approximate surface area is 132 Å². The van der Waals surface area contributed by atoms with E-state index >= 15 is 0 Å². The fraction of sp³-hybridized carbons (Fsp3) is 0.533. The van der Waals surface area contributed by atoms with Gasteiger partial charge < -0.3 is 19.0 Å². The molecule has 5 nitrogen and oxygen atoms in total. The van der Waals surface area contributed by atoms with Crippen LogP contribution in [0.5, 0.6) is 0 Å². The normalized spacial score (nSPS) is 18.0. The summed E-state index contributed by atoms with van der Waals surface area (Å²) in [6.45, 7) is 2.36. The van der Waals surface area contributed by atoms with Crippen molar-refractivity contribution in [1.29, 1.82) is 0 Å². The van der Waals surface area contributed by atoms with Gasteiger partial charge in [-0.25, -0.2) is 4.98 Å². The van der Waals surface area contributed by atoms with Crippen molar-refractivity contribution < 1.29 is 9.15 Å². The molecular weight excluding hydrogens is 334 g/mol. The van der Waals surface area contributed by atoms with Crippen LogP contribution in [0, 0.1) is 5.92 Å². The second-order valence-corrected chi connectivity index (χ2v) is 6.19. The van der Waals surface area contributed by atoms with Gasteiger partial charge in [-0.05, 0) is 46.8 Å². The zero-order chi connectivity index (χ0) is 14.7. The van der Waals surface area contributed by atoms with Crippen LogP contribution in [0.15, 0.2) is 33.6 Å². The Bertz CT molecular complexity index is 575. The minimum absolute atomic E-state index is 0.220. The van der Waals surface area contributed by atoms with Gasteiger partial charge in [0.15, 0.2) is 4.67 Å². The molecular formula is C15H20BrN3O2. The zero-order valence-electron chi connectivity index (χ0n) is 12.1. The largest absolute Gasteiger partial charge is 0.453 e. The van der Waals surface area contributed by atoms with Crippen LogP contribution in [-0.2, 0) is 18.3 Å². The Morgan fingerprint density at radius 3 is 2.86 bits per heavy atom. The molecule has 0 aliphatic carbocycles. The number of aryl methyl sites for hydroxylation is 1. The molecule has 3 heterocycles. The van der Waals surface area contributed by atoms with Gasteiger partial charge >= 0.3 is 0 Å². The summed E-state index contributed by atoms with van der Waals surface area (Å²) in [6, 6.07) is 4.12. The molecule has 0 aromatic carbocycles. The Hall–Kier alpha value is -1.11. The fourth-order valence-corrected chi connectivity index (χ4v) is 3.19. The van der Waals surface area contributed by atoms with Gasteiger partial charge in [0.1, 0.15) is 11.6 Å². The monoisotopic (exact) mass is 353 g/mol. The van der Waals surface area contributed by atoms with E-state index in [0.717, 1.165) is 42.3 Å². The second kappa shape index (κ2) is 6.77. The smallest absolute Gasteiger partial charge is 0.169 e. The van der Waals surface area contributed by atoms with Crippen molar-refractivity contribution in [1.82, 2.24) is 14.9 Å². The first-order valence-electron chi connectivity index (χ1n) is 7.26. The highest BCUT2D eigenvalue weighted by molar-refractivity contribution is 9.10. The lowest BCUT2D eigenvalue weighted by Crippen LogP contribution is -2.33. The number of halogens is 1. The summed E-state index contributed by atoms with van der Waals surface area (Å²) in [4.78, 5) is 4.53. The lowest BCUT2D eigenvalue weighted by atomic mass is 9.91. The second-order valence-electron chi connectivity index (χ2n) is 5.41. The minimum Gasteiger partial charge on any atom is -0.453 e. The van der Waals surface area contributed by atoms with E-state index in [4.69, 9.17) is 9.15 Å². The van der Waals surface area contributed by atoms with E-state index in [1.165, 1.54) is 0 Å². The summed E-state index contributed by atoms with van der Waals surface area (Å²) in [7, 11) is 2.04. The Morgan fingerprint density at radius 2 is 2.24 bits per heavy atom. The molecule has 0 saturated carbocycles. The van der Waals surface area contributed by atoms with Crippen molar-refractivity contribution in [2.45, 2.75) is 25.4 Å². The molecule has 0 unspecified atom stereocenters. The topological polar surface area (TPSA) is 52.2 Å². The Balaban J connectivity index is 1.73. The average molecular weight is 354 g/mol. The molecule has 1 atom stereocenters. The molecule has 2 aromatic heterocycles. The predicted octanol–water partition coefficient (Wildman–Crippen LogP) is 3.03. The lowest BCUT2D eigenvalue weighted by Gasteiger charge is -2.30. The maximum atomic E-state index is 5.57. The predicted molar refractivity (Wildman–Crippen MR) is 82.7 cm³/mol. The Kier molecular flexibility index (Phi) is 4.77. The summed E-state index contributed by atoms with van der Waals surface area (Å²) in [5, 5.41) is 3.61. The Morgan fingerprint density at radius 1 is 1.43 bits per heavy atom. The molecule has 3 rings (SSSR count). The quantitative estimate of drug-likeness (QED) is 0.897. The molecule has 1 fully saturated rings. The third kappa shape index (κ3) is 3.56. The van der Waals surface area contributed by atoms with Gasteiger partial charge in [0, 0.05) is 32.7 Å². The molecule has 1 saturated heterocycles. The maximum Gasteiger partial charge on any atom is 0.169 e. The van der Waals surface area contributed by atoms with Gasteiger partial charge in [-0.2, -0.15) is 0 Å². The molecule has 2 aromatic rings. The molecule has 0 bridgehead atoms. The van der Waals surface area contributed by atoms with Crippen LogP contribution < -0.4 is 5.32 Å². The molecule has 114 valence electrons. The molecule has 1 N–H and O–H groups in total. The molecule has 1 aliphatic heterocycles. The number of nitrogens with zero attached hydrogens (tertiary/aromatic N) is 2. The highest BCUT2D eigenvalue weighted by atomic mass is 79.9. The summed E-state index contributed by atoms with van der Waals surface area (Å²) < 4.78 is 13.9. The van der Waals surface area contributed by atoms with E-state index in [1.807, 2.05) is 31.6 Å². The van der Waals surface area contributed by atoms with Crippen LogP contribution in [0.1, 0.15) is 30.5 Å². The van der Waals surface area contributed by atoms with Crippen LogP contribution in [0.3, 0.4) is 0 Å². The maximum absolute atomic E-state index is 5.57. The summed E-state index contributed by atoms with van der Waals surface area (Å²) in [5.41, 5.74) is 0. The van der Waals surface area contributed by atoms with Crippen molar-refractivity contribution in [3.63, 3.8) is 0 Å². The van der Waals surface area contributed by atoms with Gasteiger partial charge in [0.25, 0.3) is 0 Å². The first-order chi connectivity index (χ1) is 10.2. The van der Waals surface area contributed by atoms with E-state index < -0.39 is 0 Å². The average Bonchev–Trinajstić information content (AvgIpc) is 3.10. The molecule has 0 radical (unpaired) electrons. The summed E-state index contributed by atoms with van der Waals surface area (Å²) in [5.74, 6) is 2.54. The molecule has 0 amide bonds.